The molecule has 0 aromatic carbocycles. The van der Waals surface area contributed by atoms with Crippen molar-refractivity contribution >= 4 is 5.91 Å². The molecule has 6 heteroatoms. The maximum Gasteiger partial charge on any atom is 0.251 e. The van der Waals surface area contributed by atoms with E-state index in [0.29, 0.717) is 35.7 Å². The highest BCUT2D eigenvalue weighted by atomic mass is 16.5. The number of carbonyl (C=O) groups excluding carboxylic acids is 1. The topological polar surface area (TPSA) is 67.6 Å². The van der Waals surface area contributed by atoms with Crippen LogP contribution in [-0.4, -0.2) is 54.2 Å². The van der Waals surface area contributed by atoms with E-state index in [9.17, 15) is 4.79 Å². The number of pyridine rings is 1. The lowest BCUT2D eigenvalue weighted by molar-refractivity contribution is 0.0727. The van der Waals surface area contributed by atoms with Gasteiger partial charge in [-0.1, -0.05) is 6.42 Å². The molecule has 2 aliphatic rings. The van der Waals surface area contributed by atoms with Crippen molar-refractivity contribution in [2.75, 3.05) is 26.2 Å². The lowest BCUT2D eigenvalue weighted by Gasteiger charge is -2.36. The molecule has 4 rings (SSSR count). The number of hydrogen-bond acceptors (Lipinski definition) is 5. The highest BCUT2D eigenvalue weighted by Gasteiger charge is 2.25. The second-order valence-electron chi connectivity index (χ2n) is 7.73. The third-order valence-electron chi connectivity index (χ3n) is 5.81. The van der Waals surface area contributed by atoms with E-state index >= 15 is 0 Å². The molecule has 0 radical (unpaired) electrons. The summed E-state index contributed by atoms with van der Waals surface area (Å²) >= 11 is 0. The molecule has 1 amide bonds. The van der Waals surface area contributed by atoms with E-state index in [4.69, 9.17) is 9.15 Å². The summed E-state index contributed by atoms with van der Waals surface area (Å²) in [6, 6.07) is 7.60. The van der Waals surface area contributed by atoms with E-state index in [-0.39, 0.29) is 5.91 Å². The molecule has 150 valence electrons. The van der Waals surface area contributed by atoms with Crippen molar-refractivity contribution in [3.63, 3.8) is 0 Å². The Bertz CT molecular complexity index is 756. The van der Waals surface area contributed by atoms with Gasteiger partial charge in [0, 0.05) is 37.5 Å². The Morgan fingerprint density at radius 2 is 2.21 bits per heavy atom. The van der Waals surface area contributed by atoms with Gasteiger partial charge >= 0.3 is 0 Å². The average Bonchev–Trinajstić information content (AvgIpc) is 3.45. The summed E-state index contributed by atoms with van der Waals surface area (Å²) in [5.41, 5.74) is 1.29. The van der Waals surface area contributed by atoms with Gasteiger partial charge in [-0.25, -0.2) is 0 Å². The summed E-state index contributed by atoms with van der Waals surface area (Å²) in [5.74, 6) is 0.613. The summed E-state index contributed by atoms with van der Waals surface area (Å²) in [6.45, 7) is 3.77. The Labute approximate surface area is 166 Å². The van der Waals surface area contributed by atoms with E-state index < -0.39 is 0 Å². The Hall–Kier alpha value is -2.18. The summed E-state index contributed by atoms with van der Waals surface area (Å²) in [6.07, 6.45) is 10.8. The number of furan rings is 1. The van der Waals surface area contributed by atoms with Gasteiger partial charge in [0.1, 0.15) is 5.69 Å². The molecule has 2 fully saturated rings. The first-order valence-electron chi connectivity index (χ1n) is 10.4. The number of nitrogens with one attached hydrogen (secondary N) is 1. The van der Waals surface area contributed by atoms with Crippen LogP contribution in [0.4, 0.5) is 0 Å². The van der Waals surface area contributed by atoms with Crippen molar-refractivity contribution in [1.29, 1.82) is 0 Å². The molecule has 0 bridgehead atoms. The molecule has 2 aliphatic heterocycles. The minimum Gasteiger partial charge on any atom is -0.463 e. The van der Waals surface area contributed by atoms with Crippen molar-refractivity contribution in [1.82, 2.24) is 15.2 Å². The van der Waals surface area contributed by atoms with Crippen molar-refractivity contribution in [3.05, 3.63) is 42.3 Å². The molecule has 28 heavy (non-hydrogen) atoms. The normalized spacial score (nSPS) is 23.0. The molecule has 1 N–H and O–H groups in total. The summed E-state index contributed by atoms with van der Waals surface area (Å²) in [5, 5.41) is 3.13. The quantitative estimate of drug-likeness (QED) is 0.793. The molecule has 2 saturated heterocycles. The maximum atomic E-state index is 12.7. The number of piperidine rings is 1. The first kappa shape index (κ1) is 19.2. The smallest absolute Gasteiger partial charge is 0.251 e. The van der Waals surface area contributed by atoms with E-state index in [1.165, 1.54) is 25.7 Å². The SMILES string of the molecule is O=C(NCC1CCCCN1CCC1CCCO1)c1ccnc(-c2ccco2)c1. The van der Waals surface area contributed by atoms with Crippen LogP contribution in [0.3, 0.4) is 0 Å². The van der Waals surface area contributed by atoms with Gasteiger partial charge in [-0.15, -0.1) is 0 Å². The van der Waals surface area contributed by atoms with Crippen LogP contribution in [0.5, 0.6) is 0 Å². The van der Waals surface area contributed by atoms with Gasteiger partial charge in [0.25, 0.3) is 5.91 Å². The molecule has 4 heterocycles. The van der Waals surface area contributed by atoms with Crippen LogP contribution in [0.15, 0.2) is 41.1 Å². The Balaban J connectivity index is 1.32. The van der Waals surface area contributed by atoms with Gasteiger partial charge in [0.05, 0.1) is 12.4 Å². The van der Waals surface area contributed by atoms with Gasteiger partial charge in [-0.2, -0.15) is 0 Å². The first-order valence-corrected chi connectivity index (χ1v) is 10.4. The number of likely N-dealkylation sites (tertiary alicyclic amines) is 1. The van der Waals surface area contributed by atoms with Crippen molar-refractivity contribution in [2.45, 2.75) is 50.7 Å². The lowest BCUT2D eigenvalue weighted by Crippen LogP contribution is -2.47. The van der Waals surface area contributed by atoms with E-state index in [1.54, 1.807) is 24.6 Å². The molecule has 2 atom stereocenters. The number of rotatable bonds is 7. The number of hydrogen-bond donors (Lipinski definition) is 1. The summed E-state index contributed by atoms with van der Waals surface area (Å²) in [7, 11) is 0. The van der Waals surface area contributed by atoms with Gasteiger partial charge in [0.15, 0.2) is 5.76 Å². The van der Waals surface area contributed by atoms with Gasteiger partial charge in [-0.3, -0.25) is 14.7 Å². The van der Waals surface area contributed by atoms with Crippen LogP contribution in [0, 0.1) is 0 Å². The Morgan fingerprint density at radius 3 is 3.04 bits per heavy atom. The molecular formula is C22H29N3O3. The van der Waals surface area contributed by atoms with Gasteiger partial charge in [0.2, 0.25) is 0 Å². The highest BCUT2D eigenvalue weighted by Crippen LogP contribution is 2.21. The van der Waals surface area contributed by atoms with Crippen LogP contribution in [-0.2, 0) is 4.74 Å². The lowest BCUT2D eigenvalue weighted by atomic mass is 10.0. The molecule has 6 nitrogen and oxygen atoms in total. The number of carbonyl (C=O) groups is 1. The summed E-state index contributed by atoms with van der Waals surface area (Å²) in [4.78, 5) is 19.5. The molecule has 0 spiro atoms. The second kappa shape index (κ2) is 9.34. The molecular weight excluding hydrogens is 354 g/mol. The second-order valence-corrected chi connectivity index (χ2v) is 7.73. The predicted molar refractivity (Wildman–Crippen MR) is 107 cm³/mol. The van der Waals surface area contributed by atoms with Crippen LogP contribution in [0.25, 0.3) is 11.5 Å². The summed E-state index contributed by atoms with van der Waals surface area (Å²) < 4.78 is 11.1. The number of nitrogens with zero attached hydrogens (tertiary/aromatic N) is 2. The largest absolute Gasteiger partial charge is 0.463 e. The molecule has 2 aromatic heterocycles. The molecule has 2 unspecified atom stereocenters. The predicted octanol–water partition coefficient (Wildman–Crippen LogP) is 3.50. The third kappa shape index (κ3) is 4.80. The third-order valence-corrected chi connectivity index (χ3v) is 5.81. The van der Waals surface area contributed by atoms with Gasteiger partial charge < -0.3 is 14.5 Å². The van der Waals surface area contributed by atoms with Crippen LogP contribution in [0.1, 0.15) is 48.9 Å². The van der Waals surface area contributed by atoms with Crippen molar-refractivity contribution < 1.29 is 13.9 Å². The zero-order valence-electron chi connectivity index (χ0n) is 16.3. The Morgan fingerprint density at radius 1 is 1.25 bits per heavy atom. The van der Waals surface area contributed by atoms with Crippen LogP contribution in [0.2, 0.25) is 0 Å². The first-order chi connectivity index (χ1) is 13.8. The van der Waals surface area contributed by atoms with E-state index in [0.717, 1.165) is 32.5 Å². The van der Waals surface area contributed by atoms with Crippen molar-refractivity contribution in [2.24, 2.45) is 0 Å². The molecule has 2 aromatic rings. The number of ether oxygens (including phenoxy) is 1. The molecule has 0 saturated carbocycles. The number of aromatic nitrogens is 1. The van der Waals surface area contributed by atoms with E-state index in [2.05, 4.69) is 15.2 Å². The van der Waals surface area contributed by atoms with Crippen LogP contribution < -0.4 is 5.32 Å². The number of amides is 1. The average molecular weight is 383 g/mol. The minimum absolute atomic E-state index is 0.0557. The fraction of sp³-hybridized carbons (Fsp3) is 0.545. The zero-order chi connectivity index (χ0) is 19.2. The van der Waals surface area contributed by atoms with Gasteiger partial charge in [-0.05, 0) is 62.9 Å². The minimum atomic E-state index is -0.0557. The standard InChI is InChI=1S/C22H29N3O3/c26-22(17-8-10-23-20(15-17)21-7-4-14-28-21)24-16-18-5-1-2-11-25(18)12-9-19-6-3-13-27-19/h4,7-8,10,14-15,18-19H,1-3,5-6,9,11-13,16H2,(H,24,26). The van der Waals surface area contributed by atoms with Crippen LogP contribution >= 0.6 is 0 Å². The highest BCUT2D eigenvalue weighted by molar-refractivity contribution is 5.94. The molecule has 0 aliphatic carbocycles. The fourth-order valence-electron chi connectivity index (χ4n) is 4.21. The zero-order valence-corrected chi connectivity index (χ0v) is 16.3. The maximum absolute atomic E-state index is 12.7. The monoisotopic (exact) mass is 383 g/mol. The Kier molecular flexibility index (Phi) is 6.39. The van der Waals surface area contributed by atoms with E-state index in [1.807, 2.05) is 12.1 Å². The van der Waals surface area contributed by atoms with Crippen molar-refractivity contribution in [3.8, 4) is 11.5 Å². The fourth-order valence-corrected chi connectivity index (χ4v) is 4.21.